The van der Waals surface area contributed by atoms with Gasteiger partial charge < -0.3 is 20.5 Å². The van der Waals surface area contributed by atoms with Gasteiger partial charge in [0, 0.05) is 11.4 Å². The summed E-state index contributed by atoms with van der Waals surface area (Å²) in [6.07, 6.45) is 1.01. The first-order valence-corrected chi connectivity index (χ1v) is 6.98. The van der Waals surface area contributed by atoms with E-state index in [0.717, 1.165) is 13.0 Å². The maximum absolute atomic E-state index is 5.78. The summed E-state index contributed by atoms with van der Waals surface area (Å²) in [7, 11) is 0. The number of thiophene rings is 1. The highest BCUT2D eigenvalue weighted by molar-refractivity contribution is 7.09. The van der Waals surface area contributed by atoms with Gasteiger partial charge >= 0.3 is 0 Å². The number of hydrogen-bond donors (Lipinski definition) is 2. The number of nitrogens with zero attached hydrogens (tertiary/aromatic N) is 1. The van der Waals surface area contributed by atoms with E-state index in [1.54, 1.807) is 11.3 Å². The molecule has 100 valence electrons. The van der Waals surface area contributed by atoms with Crippen LogP contribution in [0.25, 0.3) is 0 Å². The van der Waals surface area contributed by atoms with Crippen LogP contribution in [0.1, 0.15) is 4.88 Å². The first-order chi connectivity index (χ1) is 8.84. The van der Waals surface area contributed by atoms with Gasteiger partial charge in [-0.3, -0.25) is 4.99 Å². The van der Waals surface area contributed by atoms with Gasteiger partial charge in [-0.25, -0.2) is 0 Å². The predicted octanol–water partition coefficient (Wildman–Crippen LogP) is 0.610. The van der Waals surface area contributed by atoms with Crippen molar-refractivity contribution in [1.82, 2.24) is 5.32 Å². The van der Waals surface area contributed by atoms with E-state index in [4.69, 9.17) is 15.2 Å². The van der Waals surface area contributed by atoms with Crippen LogP contribution in [0.2, 0.25) is 0 Å². The van der Waals surface area contributed by atoms with Crippen LogP contribution >= 0.6 is 11.3 Å². The summed E-state index contributed by atoms with van der Waals surface area (Å²) in [5, 5.41) is 5.18. The summed E-state index contributed by atoms with van der Waals surface area (Å²) >= 11 is 1.75. The van der Waals surface area contributed by atoms with Crippen molar-refractivity contribution in [2.24, 2.45) is 10.7 Å². The molecule has 1 saturated heterocycles. The average Bonchev–Trinajstić information content (AvgIpc) is 2.91. The van der Waals surface area contributed by atoms with Gasteiger partial charge in [-0.05, 0) is 17.9 Å². The van der Waals surface area contributed by atoms with E-state index >= 15 is 0 Å². The second-order valence-corrected chi connectivity index (χ2v) is 5.08. The van der Waals surface area contributed by atoms with E-state index in [1.165, 1.54) is 4.88 Å². The molecule has 1 unspecified atom stereocenters. The van der Waals surface area contributed by atoms with Gasteiger partial charge in [0.25, 0.3) is 0 Å². The lowest BCUT2D eigenvalue weighted by atomic mass is 10.3. The van der Waals surface area contributed by atoms with E-state index in [2.05, 4.69) is 27.8 Å². The van der Waals surface area contributed by atoms with Crippen molar-refractivity contribution in [2.75, 3.05) is 32.9 Å². The highest BCUT2D eigenvalue weighted by atomic mass is 32.1. The third kappa shape index (κ3) is 4.64. The maximum atomic E-state index is 5.78. The molecule has 1 atom stereocenters. The Morgan fingerprint density at radius 2 is 2.50 bits per heavy atom. The number of nitrogens with one attached hydrogen (secondary N) is 1. The molecule has 0 saturated carbocycles. The Morgan fingerprint density at radius 3 is 3.22 bits per heavy atom. The van der Waals surface area contributed by atoms with Crippen LogP contribution in [0.15, 0.2) is 22.5 Å². The molecule has 2 rings (SSSR count). The Bertz CT molecular complexity index is 361. The fourth-order valence-corrected chi connectivity index (χ4v) is 2.38. The van der Waals surface area contributed by atoms with Crippen molar-refractivity contribution in [3.8, 4) is 0 Å². The van der Waals surface area contributed by atoms with Crippen molar-refractivity contribution in [1.29, 1.82) is 0 Å². The number of hydrogen-bond acceptors (Lipinski definition) is 4. The Labute approximate surface area is 111 Å². The average molecular weight is 269 g/mol. The van der Waals surface area contributed by atoms with Crippen LogP contribution in [0.3, 0.4) is 0 Å². The fourth-order valence-electron chi connectivity index (χ4n) is 1.67. The van der Waals surface area contributed by atoms with Gasteiger partial charge in [0.1, 0.15) is 6.10 Å². The monoisotopic (exact) mass is 269 g/mol. The van der Waals surface area contributed by atoms with Crippen molar-refractivity contribution in [3.63, 3.8) is 0 Å². The van der Waals surface area contributed by atoms with Crippen LogP contribution in [-0.4, -0.2) is 45.0 Å². The van der Waals surface area contributed by atoms with Gasteiger partial charge in [0.15, 0.2) is 5.96 Å². The molecule has 0 amide bonds. The zero-order valence-electron chi connectivity index (χ0n) is 10.3. The first-order valence-electron chi connectivity index (χ1n) is 6.10. The number of ether oxygens (including phenoxy) is 2. The summed E-state index contributed by atoms with van der Waals surface area (Å²) in [5.41, 5.74) is 5.78. The van der Waals surface area contributed by atoms with Crippen LogP contribution in [0.5, 0.6) is 0 Å². The lowest BCUT2D eigenvalue weighted by Gasteiger charge is -2.21. The molecular formula is C12H19N3O2S. The molecule has 0 bridgehead atoms. The van der Waals surface area contributed by atoms with E-state index < -0.39 is 0 Å². The van der Waals surface area contributed by atoms with Crippen LogP contribution < -0.4 is 11.1 Å². The SMILES string of the molecule is NC(=NCC1COCCO1)NCCc1cccs1. The summed E-state index contributed by atoms with van der Waals surface area (Å²) in [4.78, 5) is 5.59. The first kappa shape index (κ1) is 13.3. The Hall–Kier alpha value is -1.11. The second kappa shape index (κ2) is 7.35. The van der Waals surface area contributed by atoms with Crippen LogP contribution in [0.4, 0.5) is 0 Å². The molecular weight excluding hydrogens is 250 g/mol. The van der Waals surface area contributed by atoms with Gasteiger partial charge in [-0.2, -0.15) is 0 Å². The molecule has 0 aliphatic carbocycles. The van der Waals surface area contributed by atoms with Crippen molar-refractivity contribution < 1.29 is 9.47 Å². The maximum Gasteiger partial charge on any atom is 0.188 e. The number of guanidine groups is 1. The number of nitrogens with two attached hydrogens (primary N) is 1. The Balaban J connectivity index is 1.62. The summed E-state index contributed by atoms with van der Waals surface area (Å²) < 4.78 is 10.8. The Morgan fingerprint density at radius 1 is 1.56 bits per heavy atom. The minimum absolute atomic E-state index is 0.0383. The van der Waals surface area contributed by atoms with Crippen LogP contribution in [0, 0.1) is 0 Å². The van der Waals surface area contributed by atoms with Gasteiger partial charge in [-0.1, -0.05) is 6.07 Å². The smallest absolute Gasteiger partial charge is 0.188 e. The van der Waals surface area contributed by atoms with E-state index in [9.17, 15) is 0 Å². The quantitative estimate of drug-likeness (QED) is 0.607. The minimum atomic E-state index is 0.0383. The van der Waals surface area contributed by atoms with Crippen molar-refractivity contribution in [3.05, 3.63) is 22.4 Å². The Kier molecular flexibility index (Phi) is 5.44. The van der Waals surface area contributed by atoms with Gasteiger partial charge in [0.05, 0.1) is 26.4 Å². The number of aliphatic imine (C=N–C) groups is 1. The lowest BCUT2D eigenvalue weighted by Crippen LogP contribution is -2.36. The molecule has 3 N–H and O–H groups in total. The second-order valence-electron chi connectivity index (χ2n) is 4.05. The molecule has 2 heterocycles. The highest BCUT2D eigenvalue weighted by Gasteiger charge is 2.13. The molecule has 18 heavy (non-hydrogen) atoms. The van der Waals surface area contributed by atoms with E-state index in [1.807, 2.05) is 0 Å². The number of rotatable bonds is 5. The molecule has 6 heteroatoms. The molecule has 1 aliphatic heterocycles. The molecule has 1 aliphatic rings. The van der Waals surface area contributed by atoms with Crippen molar-refractivity contribution >= 4 is 17.3 Å². The van der Waals surface area contributed by atoms with Crippen molar-refractivity contribution in [2.45, 2.75) is 12.5 Å². The standard InChI is InChI=1S/C12H19N3O2S/c13-12(14-4-3-11-2-1-7-18-11)15-8-10-9-16-5-6-17-10/h1-2,7,10H,3-6,8-9H2,(H3,13,14,15). The zero-order valence-corrected chi connectivity index (χ0v) is 11.1. The lowest BCUT2D eigenvalue weighted by molar-refractivity contribution is -0.0832. The summed E-state index contributed by atoms with van der Waals surface area (Å²) in [5.74, 6) is 0.473. The largest absolute Gasteiger partial charge is 0.376 e. The fraction of sp³-hybridized carbons (Fsp3) is 0.583. The predicted molar refractivity (Wildman–Crippen MR) is 73.1 cm³/mol. The van der Waals surface area contributed by atoms with E-state index in [-0.39, 0.29) is 6.10 Å². The third-order valence-corrected chi connectivity index (χ3v) is 3.54. The highest BCUT2D eigenvalue weighted by Crippen LogP contribution is 2.07. The van der Waals surface area contributed by atoms with Gasteiger partial charge in [-0.15, -0.1) is 11.3 Å². The molecule has 1 aromatic heterocycles. The summed E-state index contributed by atoms with van der Waals surface area (Å²) in [6, 6.07) is 4.17. The third-order valence-electron chi connectivity index (χ3n) is 2.61. The molecule has 1 fully saturated rings. The molecule has 1 aromatic rings. The normalized spacial score (nSPS) is 20.9. The van der Waals surface area contributed by atoms with Crippen LogP contribution in [-0.2, 0) is 15.9 Å². The van der Waals surface area contributed by atoms with Gasteiger partial charge in [0.2, 0.25) is 0 Å². The van der Waals surface area contributed by atoms with E-state index in [0.29, 0.717) is 32.3 Å². The molecule has 0 radical (unpaired) electrons. The minimum Gasteiger partial charge on any atom is -0.376 e. The molecule has 5 nitrogen and oxygen atoms in total. The zero-order chi connectivity index (χ0) is 12.6. The molecule has 0 aromatic carbocycles. The topological polar surface area (TPSA) is 68.9 Å². The molecule has 0 spiro atoms. The summed E-state index contributed by atoms with van der Waals surface area (Å²) in [6.45, 7) is 3.28.